The molecule has 0 radical (unpaired) electrons. The van der Waals surface area contributed by atoms with Gasteiger partial charge in [0.05, 0.1) is 22.3 Å². The number of rotatable bonds is 2. The van der Waals surface area contributed by atoms with E-state index in [1.165, 1.54) is 0 Å². The molecular weight excluding hydrogens is 325 g/mol. The molecule has 0 spiro atoms. The molecule has 2 aromatic rings. The Balaban J connectivity index is 2.63. The smallest absolute Gasteiger partial charge is 0.133 e. The third-order valence-corrected chi connectivity index (χ3v) is 3.34. The fourth-order valence-electron chi connectivity index (χ4n) is 1.66. The standard InChI is InChI=1S/C14H10INO/c1-17-14-7-11(9-16)12(8-13(14)15)10-5-3-2-4-6-10/h2-8H,1H3. The van der Waals surface area contributed by atoms with E-state index in [1.54, 1.807) is 13.2 Å². The number of hydrogen-bond donors (Lipinski definition) is 0. The molecule has 0 aliphatic rings. The zero-order chi connectivity index (χ0) is 12.3. The molecular formula is C14H10INO. The predicted octanol–water partition coefficient (Wildman–Crippen LogP) is 3.84. The minimum absolute atomic E-state index is 0.633. The van der Waals surface area contributed by atoms with Crippen LogP contribution in [0.3, 0.4) is 0 Å². The van der Waals surface area contributed by atoms with Gasteiger partial charge in [0.25, 0.3) is 0 Å². The first-order valence-electron chi connectivity index (χ1n) is 5.09. The molecule has 2 aromatic carbocycles. The van der Waals surface area contributed by atoms with Crippen LogP contribution in [0.2, 0.25) is 0 Å². The Morgan fingerprint density at radius 1 is 1.18 bits per heavy atom. The van der Waals surface area contributed by atoms with Gasteiger partial charge in [-0.25, -0.2) is 0 Å². The summed E-state index contributed by atoms with van der Waals surface area (Å²) in [5, 5.41) is 9.18. The number of halogens is 1. The van der Waals surface area contributed by atoms with Crippen LogP contribution in [0.1, 0.15) is 5.56 Å². The molecule has 0 N–H and O–H groups in total. The zero-order valence-electron chi connectivity index (χ0n) is 9.27. The van der Waals surface area contributed by atoms with Crippen molar-refractivity contribution in [3.63, 3.8) is 0 Å². The second kappa shape index (κ2) is 5.19. The average molecular weight is 335 g/mol. The van der Waals surface area contributed by atoms with Gasteiger partial charge < -0.3 is 4.74 Å². The van der Waals surface area contributed by atoms with Crippen molar-refractivity contribution in [1.29, 1.82) is 5.26 Å². The van der Waals surface area contributed by atoms with Gasteiger partial charge in [-0.05, 0) is 40.3 Å². The fraction of sp³-hybridized carbons (Fsp3) is 0.0714. The minimum Gasteiger partial charge on any atom is -0.496 e. The van der Waals surface area contributed by atoms with Crippen LogP contribution in [0, 0.1) is 14.9 Å². The van der Waals surface area contributed by atoms with E-state index in [-0.39, 0.29) is 0 Å². The quantitative estimate of drug-likeness (QED) is 0.782. The lowest BCUT2D eigenvalue weighted by molar-refractivity contribution is 0.412. The van der Waals surface area contributed by atoms with E-state index in [2.05, 4.69) is 28.7 Å². The van der Waals surface area contributed by atoms with E-state index in [0.29, 0.717) is 5.56 Å². The van der Waals surface area contributed by atoms with Crippen molar-refractivity contribution in [2.45, 2.75) is 0 Å². The van der Waals surface area contributed by atoms with Crippen molar-refractivity contribution in [3.05, 3.63) is 51.6 Å². The van der Waals surface area contributed by atoms with E-state index in [9.17, 15) is 5.26 Å². The summed E-state index contributed by atoms with van der Waals surface area (Å²) < 4.78 is 6.22. The van der Waals surface area contributed by atoms with E-state index >= 15 is 0 Å². The van der Waals surface area contributed by atoms with Gasteiger partial charge in [-0.2, -0.15) is 5.26 Å². The second-order valence-electron chi connectivity index (χ2n) is 3.51. The summed E-state index contributed by atoms with van der Waals surface area (Å²) in [5.41, 5.74) is 2.62. The van der Waals surface area contributed by atoms with Gasteiger partial charge in [0.2, 0.25) is 0 Å². The first-order valence-corrected chi connectivity index (χ1v) is 6.17. The molecule has 0 saturated heterocycles. The van der Waals surface area contributed by atoms with Crippen LogP contribution in [0.5, 0.6) is 5.75 Å². The maximum absolute atomic E-state index is 9.18. The summed E-state index contributed by atoms with van der Waals surface area (Å²) in [7, 11) is 1.61. The Morgan fingerprint density at radius 3 is 2.47 bits per heavy atom. The number of hydrogen-bond acceptors (Lipinski definition) is 2. The Kier molecular flexibility index (Phi) is 3.64. The van der Waals surface area contributed by atoms with Crippen molar-refractivity contribution in [1.82, 2.24) is 0 Å². The van der Waals surface area contributed by atoms with Crippen LogP contribution in [-0.4, -0.2) is 7.11 Å². The lowest BCUT2D eigenvalue weighted by Crippen LogP contribution is -1.91. The van der Waals surface area contributed by atoms with E-state index < -0.39 is 0 Å². The van der Waals surface area contributed by atoms with Crippen molar-refractivity contribution in [2.24, 2.45) is 0 Å². The van der Waals surface area contributed by atoms with Crippen molar-refractivity contribution < 1.29 is 4.74 Å². The molecule has 0 aromatic heterocycles. The lowest BCUT2D eigenvalue weighted by Gasteiger charge is -2.09. The number of nitrogens with zero attached hydrogens (tertiary/aromatic N) is 1. The lowest BCUT2D eigenvalue weighted by atomic mass is 10.0. The zero-order valence-corrected chi connectivity index (χ0v) is 11.4. The first-order chi connectivity index (χ1) is 8.26. The monoisotopic (exact) mass is 335 g/mol. The van der Waals surface area contributed by atoms with Gasteiger partial charge in [0.15, 0.2) is 0 Å². The fourth-order valence-corrected chi connectivity index (χ4v) is 2.35. The third-order valence-electron chi connectivity index (χ3n) is 2.50. The molecule has 84 valence electrons. The summed E-state index contributed by atoms with van der Waals surface area (Å²) in [5.74, 6) is 0.738. The molecule has 0 bridgehead atoms. The van der Waals surface area contributed by atoms with Gasteiger partial charge in [-0.15, -0.1) is 0 Å². The normalized spacial score (nSPS) is 9.71. The maximum Gasteiger partial charge on any atom is 0.133 e. The number of benzene rings is 2. The van der Waals surface area contributed by atoms with Gasteiger partial charge in [0, 0.05) is 5.56 Å². The molecule has 0 aliphatic heterocycles. The molecule has 0 saturated carbocycles. The Morgan fingerprint density at radius 2 is 1.88 bits per heavy atom. The van der Waals surface area contributed by atoms with Crippen LogP contribution in [0.15, 0.2) is 42.5 Å². The molecule has 0 fully saturated rings. The number of nitriles is 1. The molecule has 0 atom stereocenters. The van der Waals surface area contributed by atoms with Gasteiger partial charge >= 0.3 is 0 Å². The molecule has 0 heterocycles. The summed E-state index contributed by atoms with van der Waals surface area (Å²) in [6.07, 6.45) is 0. The Labute approximate surface area is 114 Å². The van der Waals surface area contributed by atoms with Crippen molar-refractivity contribution in [2.75, 3.05) is 7.11 Å². The molecule has 2 rings (SSSR count). The summed E-state index contributed by atoms with van der Waals surface area (Å²) >= 11 is 2.21. The third kappa shape index (κ3) is 2.42. The molecule has 2 nitrogen and oxygen atoms in total. The van der Waals surface area contributed by atoms with Crippen LogP contribution in [0.4, 0.5) is 0 Å². The molecule has 0 aliphatic carbocycles. The SMILES string of the molecule is COc1cc(C#N)c(-c2ccccc2)cc1I. The Hall–Kier alpha value is -1.54. The first kappa shape index (κ1) is 11.9. The molecule has 3 heteroatoms. The van der Waals surface area contributed by atoms with Gasteiger partial charge in [-0.1, -0.05) is 30.3 Å². The van der Waals surface area contributed by atoms with Crippen molar-refractivity contribution in [3.8, 4) is 22.9 Å². The maximum atomic E-state index is 9.18. The highest BCUT2D eigenvalue weighted by Crippen LogP contribution is 2.31. The van der Waals surface area contributed by atoms with Crippen LogP contribution < -0.4 is 4.74 Å². The van der Waals surface area contributed by atoms with Crippen LogP contribution in [0.25, 0.3) is 11.1 Å². The van der Waals surface area contributed by atoms with Gasteiger partial charge in [0.1, 0.15) is 5.75 Å². The molecule has 0 amide bonds. The summed E-state index contributed by atoms with van der Waals surface area (Å²) in [6.45, 7) is 0. The average Bonchev–Trinajstić information content (AvgIpc) is 2.39. The van der Waals surface area contributed by atoms with E-state index in [4.69, 9.17) is 4.74 Å². The summed E-state index contributed by atoms with van der Waals surface area (Å²) in [6, 6.07) is 15.9. The number of methoxy groups -OCH3 is 1. The number of ether oxygens (including phenoxy) is 1. The highest BCUT2D eigenvalue weighted by Gasteiger charge is 2.09. The van der Waals surface area contributed by atoms with E-state index in [1.807, 2.05) is 36.4 Å². The summed E-state index contributed by atoms with van der Waals surface area (Å²) in [4.78, 5) is 0. The topological polar surface area (TPSA) is 33.0 Å². The van der Waals surface area contributed by atoms with Gasteiger partial charge in [-0.3, -0.25) is 0 Å². The second-order valence-corrected chi connectivity index (χ2v) is 4.67. The Bertz CT molecular complexity index is 573. The van der Waals surface area contributed by atoms with E-state index in [0.717, 1.165) is 20.4 Å². The van der Waals surface area contributed by atoms with Crippen LogP contribution in [-0.2, 0) is 0 Å². The predicted molar refractivity (Wildman–Crippen MR) is 75.9 cm³/mol. The highest BCUT2D eigenvalue weighted by atomic mass is 127. The molecule has 17 heavy (non-hydrogen) atoms. The minimum atomic E-state index is 0.633. The van der Waals surface area contributed by atoms with Crippen molar-refractivity contribution >= 4 is 22.6 Å². The molecule has 0 unspecified atom stereocenters. The van der Waals surface area contributed by atoms with Crippen LogP contribution >= 0.6 is 22.6 Å². The highest BCUT2D eigenvalue weighted by molar-refractivity contribution is 14.1. The largest absolute Gasteiger partial charge is 0.496 e.